The summed E-state index contributed by atoms with van der Waals surface area (Å²) in [4.78, 5) is 31.4. The van der Waals surface area contributed by atoms with Crippen LogP contribution in [0.1, 0.15) is 76.2 Å². The summed E-state index contributed by atoms with van der Waals surface area (Å²) in [7, 11) is 0. The first-order valence-electron chi connectivity index (χ1n) is 19.1. The van der Waals surface area contributed by atoms with Crippen LogP contribution < -0.4 is 19.7 Å². The lowest BCUT2D eigenvalue weighted by Gasteiger charge is -2.34. The van der Waals surface area contributed by atoms with Gasteiger partial charge in [-0.15, -0.1) is 6.42 Å². The molecule has 0 radical (unpaired) electrons. The van der Waals surface area contributed by atoms with Gasteiger partial charge < -0.3 is 19.7 Å². The number of fused-ring (bicyclic) bond motifs is 5. The summed E-state index contributed by atoms with van der Waals surface area (Å²) in [6.07, 6.45) is 16.3. The Kier molecular flexibility index (Phi) is 8.90. The van der Waals surface area contributed by atoms with Crippen LogP contribution in [-0.2, 0) is 4.79 Å². The Morgan fingerprint density at radius 1 is 1.06 bits per heavy atom. The molecule has 0 amide bonds. The van der Waals surface area contributed by atoms with E-state index in [1.165, 1.54) is 31.0 Å². The molecule has 4 aliphatic heterocycles. The van der Waals surface area contributed by atoms with Gasteiger partial charge in [-0.3, -0.25) is 14.7 Å². The second-order valence-electron chi connectivity index (χ2n) is 15.7. The van der Waals surface area contributed by atoms with E-state index >= 15 is 8.78 Å². The summed E-state index contributed by atoms with van der Waals surface area (Å²) in [5.74, 6) is 1.86. The number of esters is 1. The average Bonchev–Trinajstić information content (AvgIpc) is 3.95. The third-order valence-electron chi connectivity index (χ3n) is 12.3. The molecule has 276 valence electrons. The molecule has 2 aromatic carbocycles. The highest BCUT2D eigenvalue weighted by Crippen LogP contribution is 2.42. The van der Waals surface area contributed by atoms with Crippen molar-refractivity contribution >= 4 is 33.5 Å². The van der Waals surface area contributed by atoms with Crippen LogP contribution in [0.2, 0.25) is 0 Å². The van der Waals surface area contributed by atoms with Crippen LogP contribution in [0.15, 0.2) is 30.5 Å². The van der Waals surface area contributed by atoms with Gasteiger partial charge in [0.05, 0.1) is 16.5 Å². The minimum Gasteiger partial charge on any atom is -0.461 e. The molecule has 12 heteroatoms. The number of anilines is 1. The van der Waals surface area contributed by atoms with E-state index in [0.29, 0.717) is 48.6 Å². The van der Waals surface area contributed by atoms with Gasteiger partial charge >= 0.3 is 12.0 Å². The van der Waals surface area contributed by atoms with E-state index in [2.05, 4.69) is 31.0 Å². The van der Waals surface area contributed by atoms with Gasteiger partial charge in [0.15, 0.2) is 5.82 Å². The summed E-state index contributed by atoms with van der Waals surface area (Å²) < 4.78 is 59.2. The van der Waals surface area contributed by atoms with Crippen molar-refractivity contribution in [2.75, 3.05) is 37.7 Å². The van der Waals surface area contributed by atoms with E-state index in [9.17, 15) is 9.18 Å². The van der Waals surface area contributed by atoms with Gasteiger partial charge in [0.2, 0.25) is 0 Å². The number of pyridine rings is 1. The van der Waals surface area contributed by atoms with E-state index in [1.54, 1.807) is 12.3 Å². The van der Waals surface area contributed by atoms with Crippen molar-refractivity contribution in [1.82, 2.24) is 25.2 Å². The van der Waals surface area contributed by atoms with Gasteiger partial charge in [-0.05, 0) is 68.2 Å². The second-order valence-corrected chi connectivity index (χ2v) is 15.7. The average molecular weight is 725 g/mol. The van der Waals surface area contributed by atoms with E-state index in [4.69, 9.17) is 20.9 Å². The number of halogens is 3. The SMILES string of the molecule is C#Cc1c(F)ccc2cc(OC(=O)CCC3CCCC3)cc(-c3ncc4c(N5CC6CCC(C5)N6)nc(OC[C@@]56CCCN5C[C@H](F)C6)nc4c3F)c12. The number of terminal acetylenes is 1. The molecule has 4 atom stereocenters. The standard InChI is InChI=1S/C41H43F3N6O3/c1-2-30-33(43)12-9-25-16-29(53-34(51)13-8-24-6-3-4-7-24)17-31(35(25)30)37-36(44)38-32(19-45-37)39(49-21-27-10-11-28(22-49)46-27)48-40(47-38)52-23-41-14-5-15-50(41)20-26(42)18-41/h1,9,12,16-17,19,24,26-28,46H,3-8,10-11,13-15,18,20-23H2/t26-,27?,28?,41+/m1/s1. The molecule has 2 aromatic heterocycles. The number of aromatic nitrogens is 3. The summed E-state index contributed by atoms with van der Waals surface area (Å²) in [6.45, 7) is 2.73. The third kappa shape index (κ3) is 6.35. The van der Waals surface area contributed by atoms with Gasteiger partial charge in [0, 0.05) is 61.7 Å². The normalized spacial score (nSPS) is 25.7. The number of nitrogens with zero attached hydrogens (tertiary/aromatic N) is 5. The number of hydrogen-bond donors (Lipinski definition) is 1. The highest BCUT2D eigenvalue weighted by Gasteiger charge is 2.49. The van der Waals surface area contributed by atoms with Gasteiger partial charge in [-0.25, -0.2) is 13.2 Å². The molecule has 5 aliphatic rings. The predicted molar refractivity (Wildman–Crippen MR) is 196 cm³/mol. The molecule has 1 aliphatic carbocycles. The van der Waals surface area contributed by atoms with E-state index < -0.39 is 23.3 Å². The maximum absolute atomic E-state index is 17.3. The monoisotopic (exact) mass is 724 g/mol. The van der Waals surface area contributed by atoms with Crippen molar-refractivity contribution in [1.29, 1.82) is 0 Å². The first-order valence-corrected chi connectivity index (χ1v) is 19.1. The van der Waals surface area contributed by atoms with Gasteiger partial charge in [-0.1, -0.05) is 37.7 Å². The molecule has 9 rings (SSSR count). The smallest absolute Gasteiger partial charge is 0.319 e. The molecular weight excluding hydrogens is 681 g/mol. The van der Waals surface area contributed by atoms with Crippen LogP contribution in [0.3, 0.4) is 0 Å². The fourth-order valence-corrected chi connectivity index (χ4v) is 9.74. The number of alkyl halides is 1. The quantitative estimate of drug-likeness (QED) is 0.113. The van der Waals surface area contributed by atoms with Gasteiger partial charge in [0.25, 0.3) is 0 Å². The van der Waals surface area contributed by atoms with Crippen LogP contribution in [0.5, 0.6) is 11.8 Å². The Morgan fingerprint density at radius 2 is 1.87 bits per heavy atom. The number of hydrogen-bond acceptors (Lipinski definition) is 9. The molecule has 0 spiro atoms. The van der Waals surface area contributed by atoms with Crippen molar-refractivity contribution in [3.05, 3.63) is 47.7 Å². The topological polar surface area (TPSA) is 92.7 Å². The van der Waals surface area contributed by atoms with Crippen molar-refractivity contribution in [3.63, 3.8) is 0 Å². The van der Waals surface area contributed by atoms with Gasteiger partial charge in [-0.2, -0.15) is 9.97 Å². The first kappa shape index (κ1) is 34.3. The molecule has 1 saturated carbocycles. The van der Waals surface area contributed by atoms with Crippen LogP contribution in [0.25, 0.3) is 32.9 Å². The molecule has 4 saturated heterocycles. The van der Waals surface area contributed by atoms with Gasteiger partial charge in [0.1, 0.15) is 41.4 Å². The van der Waals surface area contributed by atoms with Crippen molar-refractivity contribution in [3.8, 4) is 35.4 Å². The summed E-state index contributed by atoms with van der Waals surface area (Å²) >= 11 is 0. The molecule has 53 heavy (non-hydrogen) atoms. The molecule has 4 aromatic rings. The Morgan fingerprint density at radius 3 is 2.66 bits per heavy atom. The summed E-state index contributed by atoms with van der Waals surface area (Å²) in [5.41, 5.74) is -0.457. The second kappa shape index (κ2) is 13.7. The molecule has 6 heterocycles. The van der Waals surface area contributed by atoms with Crippen LogP contribution in [0, 0.1) is 29.9 Å². The number of ether oxygens (including phenoxy) is 2. The number of carbonyl (C=O) groups is 1. The molecular formula is C41H43F3N6O3. The predicted octanol–water partition coefficient (Wildman–Crippen LogP) is 6.88. The number of nitrogens with one attached hydrogen (secondary N) is 1. The minimum atomic E-state index is -0.927. The first-order chi connectivity index (χ1) is 25.8. The lowest BCUT2D eigenvalue weighted by molar-refractivity contribution is -0.134. The van der Waals surface area contributed by atoms with Crippen LogP contribution >= 0.6 is 0 Å². The number of benzene rings is 2. The Labute approximate surface area is 306 Å². The van der Waals surface area contributed by atoms with E-state index in [1.807, 2.05) is 0 Å². The maximum atomic E-state index is 17.3. The molecule has 2 bridgehead atoms. The molecule has 2 unspecified atom stereocenters. The zero-order valence-electron chi connectivity index (χ0n) is 29.7. The highest BCUT2D eigenvalue weighted by molar-refractivity contribution is 6.03. The lowest BCUT2D eigenvalue weighted by atomic mass is 9.95. The Balaban J connectivity index is 1.13. The lowest BCUT2D eigenvalue weighted by Crippen LogP contribution is -2.51. The Hall–Kier alpha value is -4.47. The summed E-state index contributed by atoms with van der Waals surface area (Å²) in [6, 6.07) is 6.46. The Bertz CT molecular complexity index is 2120. The molecule has 5 fully saturated rings. The van der Waals surface area contributed by atoms with Crippen molar-refractivity contribution in [2.24, 2.45) is 5.92 Å². The highest BCUT2D eigenvalue weighted by atomic mass is 19.1. The molecule has 1 N–H and O–H groups in total. The fourth-order valence-electron chi connectivity index (χ4n) is 9.74. The summed E-state index contributed by atoms with van der Waals surface area (Å²) in [5, 5.41) is 4.79. The van der Waals surface area contributed by atoms with E-state index in [0.717, 1.165) is 51.5 Å². The van der Waals surface area contributed by atoms with Crippen LogP contribution in [0.4, 0.5) is 19.0 Å². The van der Waals surface area contributed by atoms with Crippen molar-refractivity contribution in [2.45, 2.75) is 94.4 Å². The largest absolute Gasteiger partial charge is 0.461 e. The van der Waals surface area contributed by atoms with Crippen molar-refractivity contribution < 1.29 is 27.4 Å². The zero-order chi connectivity index (χ0) is 36.3. The fraction of sp³-hybridized carbons (Fsp3) is 0.512. The number of piperazine rings is 1. The number of carbonyl (C=O) groups excluding carboxylic acids is 1. The maximum Gasteiger partial charge on any atom is 0.319 e. The molecule has 9 nitrogen and oxygen atoms in total. The zero-order valence-corrected chi connectivity index (χ0v) is 29.7. The number of rotatable bonds is 9. The minimum absolute atomic E-state index is 0.00289. The van der Waals surface area contributed by atoms with E-state index in [-0.39, 0.29) is 70.6 Å². The van der Waals surface area contributed by atoms with Crippen LogP contribution in [-0.4, -0.2) is 82.4 Å². The third-order valence-corrected chi connectivity index (χ3v) is 12.3.